The molecular formula is C20H28N4O2. The zero-order chi connectivity index (χ0) is 17.9. The maximum atomic E-state index is 6.12. The lowest BCUT2D eigenvalue weighted by Crippen LogP contribution is -2.26. The van der Waals surface area contributed by atoms with Crippen LogP contribution in [0.4, 0.5) is 0 Å². The first-order valence-corrected chi connectivity index (χ1v) is 9.70. The van der Waals surface area contributed by atoms with E-state index in [4.69, 9.17) is 25.3 Å². The van der Waals surface area contributed by atoms with E-state index < -0.39 is 0 Å². The SMILES string of the molecule is COc1ccccc1-n1nc(C2CCOCC2)nc1C1CCC(N)CC1. The van der Waals surface area contributed by atoms with Gasteiger partial charge in [-0.1, -0.05) is 12.1 Å². The number of ether oxygens (including phenoxy) is 2. The van der Waals surface area contributed by atoms with E-state index in [1.165, 1.54) is 0 Å². The van der Waals surface area contributed by atoms with Crippen LogP contribution in [0.15, 0.2) is 24.3 Å². The van der Waals surface area contributed by atoms with Gasteiger partial charge in [0.05, 0.1) is 7.11 Å². The molecule has 4 rings (SSSR count). The van der Waals surface area contributed by atoms with Crippen molar-refractivity contribution in [1.82, 2.24) is 14.8 Å². The first-order valence-electron chi connectivity index (χ1n) is 9.70. The molecule has 6 nitrogen and oxygen atoms in total. The molecule has 1 aromatic carbocycles. The van der Waals surface area contributed by atoms with Crippen LogP contribution >= 0.6 is 0 Å². The lowest BCUT2D eigenvalue weighted by atomic mass is 9.86. The van der Waals surface area contributed by atoms with Gasteiger partial charge in [0, 0.05) is 31.1 Å². The van der Waals surface area contributed by atoms with Crippen LogP contribution in [-0.4, -0.2) is 41.1 Å². The Bertz CT molecular complexity index is 731. The fraction of sp³-hybridized carbons (Fsp3) is 0.600. The number of hydrogen-bond donors (Lipinski definition) is 1. The number of methoxy groups -OCH3 is 1. The van der Waals surface area contributed by atoms with E-state index >= 15 is 0 Å². The number of benzene rings is 1. The number of para-hydroxylation sites is 2. The van der Waals surface area contributed by atoms with Crippen LogP contribution in [0.5, 0.6) is 5.75 Å². The minimum Gasteiger partial charge on any atom is -0.494 e. The molecule has 0 spiro atoms. The van der Waals surface area contributed by atoms with Gasteiger partial charge in [-0.3, -0.25) is 0 Å². The number of aromatic nitrogens is 3. The summed E-state index contributed by atoms with van der Waals surface area (Å²) in [4.78, 5) is 5.03. The first-order chi connectivity index (χ1) is 12.8. The summed E-state index contributed by atoms with van der Waals surface area (Å²) < 4.78 is 13.1. The van der Waals surface area contributed by atoms with Crippen LogP contribution < -0.4 is 10.5 Å². The third kappa shape index (κ3) is 3.48. The van der Waals surface area contributed by atoms with E-state index in [9.17, 15) is 0 Å². The number of nitrogens with zero attached hydrogens (tertiary/aromatic N) is 3. The highest BCUT2D eigenvalue weighted by molar-refractivity contribution is 5.46. The molecule has 2 fully saturated rings. The summed E-state index contributed by atoms with van der Waals surface area (Å²) in [7, 11) is 1.70. The Hall–Kier alpha value is -1.92. The number of nitrogens with two attached hydrogens (primary N) is 1. The third-order valence-electron chi connectivity index (χ3n) is 5.69. The van der Waals surface area contributed by atoms with Gasteiger partial charge in [-0.2, -0.15) is 5.10 Å². The van der Waals surface area contributed by atoms with Crippen LogP contribution in [-0.2, 0) is 4.74 Å². The van der Waals surface area contributed by atoms with E-state index in [1.54, 1.807) is 7.11 Å². The Kier molecular flexibility index (Phi) is 5.22. The zero-order valence-corrected chi connectivity index (χ0v) is 15.4. The van der Waals surface area contributed by atoms with Crippen LogP contribution in [0.1, 0.15) is 62.0 Å². The first kappa shape index (κ1) is 17.5. The monoisotopic (exact) mass is 356 g/mol. The normalized spacial score (nSPS) is 24.5. The molecular weight excluding hydrogens is 328 g/mol. The van der Waals surface area contributed by atoms with E-state index in [-0.39, 0.29) is 0 Å². The van der Waals surface area contributed by atoms with Crippen molar-refractivity contribution < 1.29 is 9.47 Å². The minimum atomic E-state index is 0.323. The van der Waals surface area contributed by atoms with Crippen molar-refractivity contribution in [2.24, 2.45) is 5.73 Å². The van der Waals surface area contributed by atoms with Crippen LogP contribution in [0, 0.1) is 0 Å². The molecule has 0 unspecified atom stereocenters. The van der Waals surface area contributed by atoms with Gasteiger partial charge in [-0.15, -0.1) is 0 Å². The highest BCUT2D eigenvalue weighted by atomic mass is 16.5. The Balaban J connectivity index is 1.73. The number of hydrogen-bond acceptors (Lipinski definition) is 5. The predicted molar refractivity (Wildman–Crippen MR) is 99.9 cm³/mol. The van der Waals surface area contributed by atoms with Gasteiger partial charge in [-0.25, -0.2) is 9.67 Å². The van der Waals surface area contributed by atoms with Gasteiger partial charge in [-0.05, 0) is 50.7 Å². The second kappa shape index (κ2) is 7.76. The lowest BCUT2D eigenvalue weighted by molar-refractivity contribution is 0.0836. The minimum absolute atomic E-state index is 0.323. The maximum Gasteiger partial charge on any atom is 0.154 e. The topological polar surface area (TPSA) is 75.2 Å². The summed E-state index contributed by atoms with van der Waals surface area (Å²) in [5, 5.41) is 4.95. The van der Waals surface area contributed by atoms with Gasteiger partial charge in [0.25, 0.3) is 0 Å². The van der Waals surface area contributed by atoms with Gasteiger partial charge >= 0.3 is 0 Å². The van der Waals surface area contributed by atoms with Gasteiger partial charge in [0.1, 0.15) is 17.3 Å². The molecule has 26 heavy (non-hydrogen) atoms. The van der Waals surface area contributed by atoms with Crippen molar-refractivity contribution in [1.29, 1.82) is 0 Å². The molecule has 1 saturated carbocycles. The lowest BCUT2D eigenvalue weighted by Gasteiger charge is -2.25. The molecule has 0 radical (unpaired) electrons. The summed E-state index contributed by atoms with van der Waals surface area (Å²) in [5.74, 6) is 3.61. The Morgan fingerprint density at radius 3 is 2.50 bits per heavy atom. The molecule has 6 heteroatoms. The Labute approximate surface area is 154 Å². The summed E-state index contributed by atoms with van der Waals surface area (Å²) >= 11 is 0. The summed E-state index contributed by atoms with van der Waals surface area (Å²) in [6.07, 6.45) is 6.23. The molecule has 2 aliphatic rings. The maximum absolute atomic E-state index is 6.12. The van der Waals surface area contributed by atoms with Crippen LogP contribution in [0.25, 0.3) is 5.69 Å². The fourth-order valence-electron chi connectivity index (χ4n) is 4.09. The molecule has 1 aliphatic heterocycles. The van der Waals surface area contributed by atoms with Crippen molar-refractivity contribution in [3.05, 3.63) is 35.9 Å². The van der Waals surface area contributed by atoms with Gasteiger partial charge in [0.15, 0.2) is 5.82 Å². The summed E-state index contributed by atoms with van der Waals surface area (Å²) in [6.45, 7) is 1.59. The van der Waals surface area contributed by atoms with Crippen LogP contribution in [0.3, 0.4) is 0 Å². The highest BCUT2D eigenvalue weighted by Crippen LogP contribution is 2.35. The molecule has 140 valence electrons. The van der Waals surface area contributed by atoms with E-state index in [1.807, 2.05) is 22.9 Å². The van der Waals surface area contributed by atoms with Crippen molar-refractivity contribution in [2.75, 3.05) is 20.3 Å². The Morgan fingerprint density at radius 2 is 1.77 bits per heavy atom. The molecule has 0 atom stereocenters. The smallest absolute Gasteiger partial charge is 0.154 e. The third-order valence-corrected chi connectivity index (χ3v) is 5.69. The van der Waals surface area contributed by atoms with Crippen molar-refractivity contribution in [2.45, 2.75) is 56.4 Å². The van der Waals surface area contributed by atoms with Crippen LogP contribution in [0.2, 0.25) is 0 Å². The number of rotatable bonds is 4. The summed E-state index contributed by atoms with van der Waals surface area (Å²) in [6, 6.07) is 8.36. The van der Waals surface area contributed by atoms with Crippen molar-refractivity contribution in [3.63, 3.8) is 0 Å². The average molecular weight is 356 g/mol. The summed E-state index contributed by atoms with van der Waals surface area (Å²) in [5.41, 5.74) is 7.08. The van der Waals surface area contributed by atoms with Crippen molar-refractivity contribution in [3.8, 4) is 11.4 Å². The molecule has 2 aromatic rings. The second-order valence-corrected chi connectivity index (χ2v) is 7.41. The van der Waals surface area contributed by atoms with E-state index in [2.05, 4.69) is 6.07 Å². The van der Waals surface area contributed by atoms with E-state index in [0.717, 1.165) is 74.8 Å². The molecule has 2 N–H and O–H groups in total. The van der Waals surface area contributed by atoms with E-state index in [0.29, 0.717) is 17.9 Å². The Morgan fingerprint density at radius 1 is 1.04 bits per heavy atom. The van der Waals surface area contributed by atoms with Gasteiger partial charge < -0.3 is 15.2 Å². The zero-order valence-electron chi connectivity index (χ0n) is 15.4. The molecule has 1 aliphatic carbocycles. The predicted octanol–water partition coefficient (Wildman–Crippen LogP) is 3.15. The second-order valence-electron chi connectivity index (χ2n) is 7.41. The standard InChI is InChI=1S/C20H28N4O2/c1-25-18-5-3-2-4-17(18)24-20(15-6-8-16(21)9-7-15)22-19(23-24)14-10-12-26-13-11-14/h2-5,14-16H,6-13,21H2,1H3. The molecule has 1 saturated heterocycles. The quantitative estimate of drug-likeness (QED) is 0.911. The van der Waals surface area contributed by atoms with Crippen molar-refractivity contribution >= 4 is 0 Å². The highest BCUT2D eigenvalue weighted by Gasteiger charge is 2.29. The largest absolute Gasteiger partial charge is 0.494 e. The molecule has 2 heterocycles. The molecule has 0 amide bonds. The molecule has 0 bridgehead atoms. The molecule has 1 aromatic heterocycles. The van der Waals surface area contributed by atoms with Gasteiger partial charge in [0.2, 0.25) is 0 Å². The fourth-order valence-corrected chi connectivity index (χ4v) is 4.09. The average Bonchev–Trinajstić information content (AvgIpc) is 3.14.